The summed E-state index contributed by atoms with van der Waals surface area (Å²) in [6, 6.07) is 9.49. The van der Waals surface area contributed by atoms with Crippen LogP contribution in [0.25, 0.3) is 0 Å². The maximum Gasteiger partial charge on any atom is 0.225 e. The molecule has 0 bridgehead atoms. The fourth-order valence-electron chi connectivity index (χ4n) is 1.33. The van der Waals surface area contributed by atoms with Crippen LogP contribution in [0.5, 0.6) is 0 Å². The predicted molar refractivity (Wildman–Crippen MR) is 65.5 cm³/mol. The average Bonchev–Trinajstić information content (AvgIpc) is 2.81. The van der Waals surface area contributed by atoms with E-state index in [0.29, 0.717) is 12.2 Å². The van der Waals surface area contributed by atoms with Crippen molar-refractivity contribution < 1.29 is 4.79 Å². The number of aryl methyl sites for hydroxylation is 1. The van der Waals surface area contributed by atoms with Crippen molar-refractivity contribution in [3.05, 3.63) is 46.8 Å². The van der Waals surface area contributed by atoms with Crippen LogP contribution in [0.15, 0.2) is 41.9 Å². The highest BCUT2D eigenvalue weighted by atomic mass is 32.1. The third kappa shape index (κ3) is 3.17. The van der Waals surface area contributed by atoms with Gasteiger partial charge in [-0.1, -0.05) is 12.1 Å². The van der Waals surface area contributed by atoms with E-state index in [-0.39, 0.29) is 5.91 Å². The van der Waals surface area contributed by atoms with Crippen LogP contribution >= 0.6 is 11.3 Å². The van der Waals surface area contributed by atoms with E-state index >= 15 is 0 Å². The highest BCUT2D eigenvalue weighted by Gasteiger charge is 2.03. The molecule has 4 heteroatoms. The van der Waals surface area contributed by atoms with Crippen molar-refractivity contribution in [1.29, 1.82) is 0 Å². The molecule has 2 aromatic rings. The second-order valence-corrected chi connectivity index (χ2v) is 4.37. The monoisotopic (exact) mass is 232 g/mol. The second kappa shape index (κ2) is 5.42. The number of carbonyl (C=O) groups excluding carboxylic acids is 1. The number of nitrogens with zero attached hydrogens (tertiary/aromatic N) is 1. The molecule has 0 fully saturated rings. The molecule has 0 atom stereocenters. The number of aromatic nitrogens is 1. The van der Waals surface area contributed by atoms with Gasteiger partial charge in [-0.2, -0.15) is 0 Å². The van der Waals surface area contributed by atoms with Crippen LogP contribution in [0.2, 0.25) is 0 Å². The van der Waals surface area contributed by atoms with Gasteiger partial charge in [0.15, 0.2) is 0 Å². The summed E-state index contributed by atoms with van der Waals surface area (Å²) in [5.74, 6) is 0.616. The van der Waals surface area contributed by atoms with Gasteiger partial charge in [-0.25, -0.2) is 4.98 Å². The lowest BCUT2D eigenvalue weighted by molar-refractivity contribution is -0.116. The van der Waals surface area contributed by atoms with Crippen molar-refractivity contribution in [2.75, 3.05) is 5.32 Å². The zero-order valence-corrected chi connectivity index (χ0v) is 9.54. The lowest BCUT2D eigenvalue weighted by Crippen LogP contribution is -2.12. The minimum Gasteiger partial charge on any atom is -0.311 e. The first-order valence-corrected chi connectivity index (χ1v) is 5.96. The number of pyridine rings is 1. The largest absolute Gasteiger partial charge is 0.311 e. The summed E-state index contributed by atoms with van der Waals surface area (Å²) in [7, 11) is 0. The van der Waals surface area contributed by atoms with Crippen molar-refractivity contribution in [1.82, 2.24) is 4.98 Å². The van der Waals surface area contributed by atoms with Gasteiger partial charge in [0.1, 0.15) is 5.82 Å². The molecule has 3 nitrogen and oxygen atoms in total. The van der Waals surface area contributed by atoms with Gasteiger partial charge in [0.25, 0.3) is 0 Å². The molecular weight excluding hydrogens is 220 g/mol. The number of rotatable bonds is 4. The summed E-state index contributed by atoms with van der Waals surface area (Å²) in [5, 5.41) is 4.78. The Morgan fingerprint density at radius 2 is 2.25 bits per heavy atom. The van der Waals surface area contributed by atoms with Gasteiger partial charge in [0, 0.05) is 17.5 Å². The molecule has 1 amide bonds. The molecule has 0 aliphatic rings. The van der Waals surface area contributed by atoms with Crippen molar-refractivity contribution >= 4 is 23.1 Å². The highest BCUT2D eigenvalue weighted by molar-refractivity contribution is 7.09. The summed E-state index contributed by atoms with van der Waals surface area (Å²) in [6.07, 6.45) is 2.95. The highest BCUT2D eigenvalue weighted by Crippen LogP contribution is 2.11. The zero-order chi connectivity index (χ0) is 11.2. The molecule has 0 radical (unpaired) electrons. The first kappa shape index (κ1) is 10.8. The van der Waals surface area contributed by atoms with Crippen molar-refractivity contribution in [2.24, 2.45) is 0 Å². The average molecular weight is 232 g/mol. The van der Waals surface area contributed by atoms with Gasteiger partial charge in [-0.3, -0.25) is 4.79 Å². The van der Waals surface area contributed by atoms with Crippen LogP contribution in [-0.2, 0) is 11.2 Å². The molecule has 0 saturated heterocycles. The molecule has 0 saturated carbocycles. The normalized spacial score (nSPS) is 10.0. The third-order valence-corrected chi connectivity index (χ3v) is 3.05. The van der Waals surface area contributed by atoms with Crippen molar-refractivity contribution in [3.8, 4) is 0 Å². The van der Waals surface area contributed by atoms with Crippen LogP contribution in [0, 0.1) is 0 Å². The molecule has 0 aliphatic heterocycles. The van der Waals surface area contributed by atoms with Crippen LogP contribution in [0.1, 0.15) is 11.3 Å². The molecule has 16 heavy (non-hydrogen) atoms. The second-order valence-electron chi connectivity index (χ2n) is 3.34. The zero-order valence-electron chi connectivity index (χ0n) is 8.72. The first-order chi connectivity index (χ1) is 7.84. The molecule has 0 aliphatic carbocycles. The Balaban J connectivity index is 1.81. The standard InChI is InChI=1S/C12H12N2OS/c15-12(7-6-10-4-3-9-16-10)14-11-5-1-2-8-13-11/h1-5,8-9H,6-7H2,(H,13,14,15). The molecule has 2 rings (SSSR count). The Bertz CT molecular complexity index is 439. The maximum atomic E-state index is 11.6. The van der Waals surface area contributed by atoms with E-state index in [4.69, 9.17) is 0 Å². The van der Waals surface area contributed by atoms with Crippen LogP contribution in [0.4, 0.5) is 5.82 Å². The molecule has 82 valence electrons. The van der Waals surface area contributed by atoms with Crippen molar-refractivity contribution in [2.45, 2.75) is 12.8 Å². The summed E-state index contributed by atoms with van der Waals surface area (Å²) < 4.78 is 0. The smallest absolute Gasteiger partial charge is 0.225 e. The van der Waals surface area contributed by atoms with E-state index in [1.807, 2.05) is 29.6 Å². The SMILES string of the molecule is O=C(CCc1cccs1)Nc1ccccn1. The topological polar surface area (TPSA) is 42.0 Å². The Kier molecular flexibility index (Phi) is 3.66. The van der Waals surface area contributed by atoms with Gasteiger partial charge in [-0.05, 0) is 30.0 Å². The molecule has 2 heterocycles. The molecule has 1 N–H and O–H groups in total. The summed E-state index contributed by atoms with van der Waals surface area (Å²) in [4.78, 5) is 16.8. The molecule has 0 aromatic carbocycles. The van der Waals surface area contributed by atoms with Crippen LogP contribution in [0.3, 0.4) is 0 Å². The number of amides is 1. The lowest BCUT2D eigenvalue weighted by Gasteiger charge is -2.02. The van der Waals surface area contributed by atoms with E-state index < -0.39 is 0 Å². The number of carbonyl (C=O) groups is 1. The predicted octanol–water partition coefficient (Wildman–Crippen LogP) is 2.71. The lowest BCUT2D eigenvalue weighted by atomic mass is 10.2. The number of hydrogen-bond acceptors (Lipinski definition) is 3. The van der Waals surface area contributed by atoms with Gasteiger partial charge >= 0.3 is 0 Å². The first-order valence-electron chi connectivity index (χ1n) is 5.08. The Morgan fingerprint density at radius 1 is 1.31 bits per heavy atom. The van der Waals surface area contributed by atoms with Gasteiger partial charge in [0.2, 0.25) is 5.91 Å². The Labute approximate surface area is 98.2 Å². The summed E-state index contributed by atoms with van der Waals surface area (Å²) >= 11 is 1.68. The number of thiophene rings is 1. The van der Waals surface area contributed by atoms with E-state index in [2.05, 4.69) is 10.3 Å². The molecule has 0 spiro atoms. The van der Waals surface area contributed by atoms with Crippen LogP contribution in [-0.4, -0.2) is 10.9 Å². The van der Waals surface area contributed by atoms with E-state index in [9.17, 15) is 4.79 Å². The summed E-state index contributed by atoms with van der Waals surface area (Å²) in [5.41, 5.74) is 0. The number of anilines is 1. The fraction of sp³-hybridized carbons (Fsp3) is 0.167. The Hall–Kier alpha value is -1.68. The van der Waals surface area contributed by atoms with E-state index in [0.717, 1.165) is 6.42 Å². The van der Waals surface area contributed by atoms with Gasteiger partial charge in [-0.15, -0.1) is 11.3 Å². The fourth-order valence-corrected chi connectivity index (χ4v) is 2.04. The van der Waals surface area contributed by atoms with Crippen molar-refractivity contribution in [3.63, 3.8) is 0 Å². The van der Waals surface area contributed by atoms with Gasteiger partial charge in [0.05, 0.1) is 0 Å². The molecular formula is C12H12N2OS. The van der Waals surface area contributed by atoms with E-state index in [1.165, 1.54) is 4.88 Å². The number of hydrogen-bond donors (Lipinski definition) is 1. The van der Waals surface area contributed by atoms with E-state index in [1.54, 1.807) is 23.6 Å². The maximum absolute atomic E-state index is 11.6. The minimum atomic E-state index is 0.00657. The molecule has 2 aromatic heterocycles. The molecule has 0 unspecified atom stereocenters. The quantitative estimate of drug-likeness (QED) is 0.880. The van der Waals surface area contributed by atoms with Gasteiger partial charge < -0.3 is 5.32 Å². The minimum absolute atomic E-state index is 0.00657. The third-order valence-electron chi connectivity index (χ3n) is 2.11. The number of nitrogens with one attached hydrogen (secondary N) is 1. The van der Waals surface area contributed by atoms with Crippen LogP contribution < -0.4 is 5.32 Å². The summed E-state index contributed by atoms with van der Waals surface area (Å²) in [6.45, 7) is 0. The Morgan fingerprint density at radius 3 is 2.94 bits per heavy atom.